The van der Waals surface area contributed by atoms with Gasteiger partial charge in [0.15, 0.2) is 0 Å². The number of rotatable bonds is 2. The quantitative estimate of drug-likeness (QED) is 0.555. The van der Waals surface area contributed by atoms with E-state index in [0.717, 1.165) is 5.75 Å². The Kier molecular flexibility index (Phi) is 6.08. The van der Waals surface area contributed by atoms with Gasteiger partial charge >= 0.3 is 0 Å². The lowest BCUT2D eigenvalue weighted by atomic mass is 10.2. The average Bonchev–Trinajstić information content (AvgIpc) is 1.91. The molecule has 0 atom stereocenters. The van der Waals surface area contributed by atoms with E-state index in [0.29, 0.717) is 0 Å². The fourth-order valence-corrected chi connectivity index (χ4v) is 1.44. The third kappa shape index (κ3) is 3.40. The van der Waals surface area contributed by atoms with Crippen molar-refractivity contribution in [2.75, 3.05) is 0 Å². The van der Waals surface area contributed by atoms with E-state index in [9.17, 15) is 0 Å². The number of thiol groups is 1. The maximum absolute atomic E-state index is 4.05. The molecule has 0 amide bonds. The van der Waals surface area contributed by atoms with E-state index in [4.69, 9.17) is 0 Å². The smallest absolute Gasteiger partial charge is 0.0286 e. The standard InChI is InChI=1S/C7H8S2.ClH/c8-9-6-7-4-2-1-3-5-7;/h1-5,8H,6H2;1H. The van der Waals surface area contributed by atoms with Gasteiger partial charge in [0.2, 0.25) is 0 Å². The summed E-state index contributed by atoms with van der Waals surface area (Å²) in [7, 11) is 1.55. The Morgan fingerprint density at radius 3 is 2.30 bits per heavy atom. The predicted octanol–water partition coefficient (Wildman–Crippen LogP) is 3.19. The van der Waals surface area contributed by atoms with Crippen LogP contribution in [0.25, 0.3) is 0 Å². The van der Waals surface area contributed by atoms with Gasteiger partial charge < -0.3 is 0 Å². The molecule has 0 aliphatic rings. The molecule has 1 aromatic rings. The van der Waals surface area contributed by atoms with Gasteiger partial charge in [-0.05, 0) is 5.56 Å². The minimum absolute atomic E-state index is 0. The van der Waals surface area contributed by atoms with Crippen molar-refractivity contribution in [3.8, 4) is 0 Å². The van der Waals surface area contributed by atoms with Crippen molar-refractivity contribution < 1.29 is 0 Å². The molecule has 0 unspecified atom stereocenters. The Labute approximate surface area is 76.6 Å². The van der Waals surface area contributed by atoms with Crippen LogP contribution in [0.5, 0.6) is 0 Å². The minimum Gasteiger partial charge on any atom is -0.147 e. The van der Waals surface area contributed by atoms with Gasteiger partial charge in [0.25, 0.3) is 0 Å². The lowest BCUT2D eigenvalue weighted by molar-refractivity contribution is 1.43. The fraction of sp³-hybridized carbons (Fsp3) is 0.143. The molecule has 0 fully saturated rings. The molecule has 0 aliphatic carbocycles. The topological polar surface area (TPSA) is 0 Å². The van der Waals surface area contributed by atoms with Gasteiger partial charge in [-0.1, -0.05) is 41.1 Å². The van der Waals surface area contributed by atoms with Crippen molar-refractivity contribution in [2.24, 2.45) is 0 Å². The summed E-state index contributed by atoms with van der Waals surface area (Å²) in [5, 5.41) is 0. The highest BCUT2D eigenvalue weighted by Gasteiger charge is 1.85. The Morgan fingerprint density at radius 2 is 1.80 bits per heavy atom. The molecule has 0 N–H and O–H groups in total. The zero-order chi connectivity index (χ0) is 6.53. The third-order valence-electron chi connectivity index (χ3n) is 1.07. The molecule has 0 bridgehead atoms. The van der Waals surface area contributed by atoms with Crippen molar-refractivity contribution in [1.29, 1.82) is 0 Å². The minimum atomic E-state index is 0. The van der Waals surface area contributed by atoms with Gasteiger partial charge in [-0.2, -0.15) is 0 Å². The highest BCUT2D eigenvalue weighted by molar-refractivity contribution is 8.68. The summed E-state index contributed by atoms with van der Waals surface area (Å²) in [5.74, 6) is 0.990. The summed E-state index contributed by atoms with van der Waals surface area (Å²) in [5.41, 5.74) is 1.33. The first-order valence-electron chi connectivity index (χ1n) is 2.74. The lowest BCUT2D eigenvalue weighted by Gasteiger charge is -1.92. The molecular formula is C7H9ClS2. The molecule has 0 heterocycles. The van der Waals surface area contributed by atoms with Crippen molar-refractivity contribution in [3.63, 3.8) is 0 Å². The van der Waals surface area contributed by atoms with Gasteiger partial charge in [-0.3, -0.25) is 0 Å². The van der Waals surface area contributed by atoms with Crippen LogP contribution < -0.4 is 0 Å². The van der Waals surface area contributed by atoms with E-state index in [1.165, 1.54) is 5.56 Å². The molecule has 0 nitrogen and oxygen atoms in total. The molecule has 0 aromatic heterocycles. The number of benzene rings is 1. The van der Waals surface area contributed by atoms with Crippen LogP contribution in [0.15, 0.2) is 30.3 Å². The Balaban J connectivity index is 0.000000810. The van der Waals surface area contributed by atoms with Crippen molar-refractivity contribution in [3.05, 3.63) is 35.9 Å². The van der Waals surface area contributed by atoms with Crippen LogP contribution in [-0.4, -0.2) is 0 Å². The number of halogens is 1. The largest absolute Gasteiger partial charge is 0.147 e. The monoisotopic (exact) mass is 192 g/mol. The second-order valence-electron chi connectivity index (χ2n) is 1.76. The van der Waals surface area contributed by atoms with Gasteiger partial charge in [0.05, 0.1) is 0 Å². The van der Waals surface area contributed by atoms with E-state index >= 15 is 0 Å². The highest BCUT2D eigenvalue weighted by Crippen LogP contribution is 2.13. The van der Waals surface area contributed by atoms with E-state index in [1.807, 2.05) is 18.2 Å². The molecule has 0 aliphatic heterocycles. The Bertz CT molecular complexity index is 165. The van der Waals surface area contributed by atoms with Gasteiger partial charge in [0.1, 0.15) is 0 Å². The molecule has 1 rings (SSSR count). The molecule has 3 heteroatoms. The first-order chi connectivity index (χ1) is 4.43. The Morgan fingerprint density at radius 1 is 1.20 bits per heavy atom. The maximum Gasteiger partial charge on any atom is 0.0286 e. The third-order valence-corrected chi connectivity index (χ3v) is 1.92. The number of hydrogen-bond donors (Lipinski definition) is 1. The zero-order valence-electron chi connectivity index (χ0n) is 5.36. The van der Waals surface area contributed by atoms with Crippen LogP contribution in [0, 0.1) is 0 Å². The molecule has 0 spiro atoms. The molecular weight excluding hydrogens is 184 g/mol. The summed E-state index contributed by atoms with van der Waals surface area (Å²) in [4.78, 5) is 0. The molecule has 0 radical (unpaired) electrons. The fourth-order valence-electron chi connectivity index (χ4n) is 0.649. The van der Waals surface area contributed by atoms with Crippen molar-refractivity contribution in [1.82, 2.24) is 0 Å². The highest BCUT2D eigenvalue weighted by atomic mass is 35.5. The average molecular weight is 193 g/mol. The molecule has 0 saturated carbocycles. The van der Waals surface area contributed by atoms with Crippen LogP contribution >= 0.6 is 34.9 Å². The van der Waals surface area contributed by atoms with Gasteiger partial charge in [0, 0.05) is 5.75 Å². The summed E-state index contributed by atoms with van der Waals surface area (Å²) < 4.78 is 0. The lowest BCUT2D eigenvalue weighted by Crippen LogP contribution is -1.73. The normalized spacial score (nSPS) is 8.50. The van der Waals surface area contributed by atoms with Crippen molar-refractivity contribution >= 4 is 34.9 Å². The molecule has 0 saturated heterocycles. The van der Waals surface area contributed by atoms with E-state index in [2.05, 4.69) is 23.8 Å². The summed E-state index contributed by atoms with van der Waals surface area (Å²) >= 11 is 4.05. The number of hydrogen-bond acceptors (Lipinski definition) is 2. The van der Waals surface area contributed by atoms with Crippen LogP contribution in [0.4, 0.5) is 0 Å². The van der Waals surface area contributed by atoms with E-state index in [1.54, 1.807) is 10.8 Å². The van der Waals surface area contributed by atoms with Gasteiger partial charge in [-0.25, -0.2) is 0 Å². The van der Waals surface area contributed by atoms with Crippen LogP contribution in [-0.2, 0) is 5.75 Å². The maximum atomic E-state index is 4.05. The molecule has 10 heavy (non-hydrogen) atoms. The van der Waals surface area contributed by atoms with Crippen LogP contribution in [0.3, 0.4) is 0 Å². The van der Waals surface area contributed by atoms with Crippen molar-refractivity contribution in [2.45, 2.75) is 5.75 Å². The van der Waals surface area contributed by atoms with E-state index in [-0.39, 0.29) is 12.4 Å². The molecule has 56 valence electrons. The second-order valence-corrected chi connectivity index (χ2v) is 3.08. The Hall–Kier alpha value is 0.210. The second kappa shape index (κ2) is 5.96. The van der Waals surface area contributed by atoms with E-state index < -0.39 is 0 Å². The first kappa shape index (κ1) is 10.2. The molecule has 1 aromatic carbocycles. The SMILES string of the molecule is Cl.SSCc1ccccc1. The predicted molar refractivity (Wildman–Crippen MR) is 54.0 cm³/mol. The van der Waals surface area contributed by atoms with Crippen LogP contribution in [0.2, 0.25) is 0 Å². The van der Waals surface area contributed by atoms with Gasteiger partial charge in [-0.15, -0.1) is 24.1 Å². The first-order valence-corrected chi connectivity index (χ1v) is 4.77. The summed E-state index contributed by atoms with van der Waals surface area (Å²) in [6.45, 7) is 0. The summed E-state index contributed by atoms with van der Waals surface area (Å²) in [6.07, 6.45) is 0. The summed E-state index contributed by atoms with van der Waals surface area (Å²) in [6, 6.07) is 10.3. The zero-order valence-corrected chi connectivity index (χ0v) is 7.88. The van der Waals surface area contributed by atoms with Crippen LogP contribution in [0.1, 0.15) is 5.56 Å².